The van der Waals surface area contributed by atoms with Gasteiger partial charge in [-0.1, -0.05) is 41.6 Å². The Hall–Kier alpha value is -2.05. The minimum atomic E-state index is -0.265. The summed E-state index contributed by atoms with van der Waals surface area (Å²) in [5.74, 6) is 0.103. The Morgan fingerprint density at radius 3 is 2.62 bits per heavy atom. The number of hydrogen-bond donors (Lipinski definition) is 1. The van der Waals surface area contributed by atoms with Crippen LogP contribution in [0.5, 0.6) is 11.5 Å². The van der Waals surface area contributed by atoms with Crippen LogP contribution in [-0.2, 0) is 4.79 Å². The van der Waals surface area contributed by atoms with Gasteiger partial charge in [0.05, 0.1) is 16.5 Å². The Balaban J connectivity index is 1.89. The highest BCUT2D eigenvalue weighted by Crippen LogP contribution is 2.37. The van der Waals surface area contributed by atoms with E-state index in [0.717, 1.165) is 16.7 Å². The molecule has 6 heteroatoms. The predicted molar refractivity (Wildman–Crippen MR) is 101 cm³/mol. The largest absolute Gasteiger partial charge is 0.503 e. The zero-order valence-corrected chi connectivity index (χ0v) is 15.4. The number of thioether (sulfide) groups is 1. The van der Waals surface area contributed by atoms with E-state index in [1.165, 1.54) is 18.9 Å². The van der Waals surface area contributed by atoms with Crippen molar-refractivity contribution in [1.29, 1.82) is 0 Å². The van der Waals surface area contributed by atoms with E-state index in [0.29, 0.717) is 20.2 Å². The summed E-state index contributed by atoms with van der Waals surface area (Å²) in [5, 5.41) is 10.6. The second-order valence-electron chi connectivity index (χ2n) is 5.25. The number of phenolic OH excluding ortho intramolecular Hbond substituents is 1. The summed E-state index contributed by atoms with van der Waals surface area (Å²) in [4.78, 5) is 16.8. The molecular formula is C18H14BrNO3S. The molecule has 0 radical (unpaired) electrons. The lowest BCUT2D eigenvalue weighted by Crippen LogP contribution is -1.90. The average Bonchev–Trinajstić information content (AvgIpc) is 2.92. The van der Waals surface area contributed by atoms with Gasteiger partial charge in [0.2, 0.25) is 0 Å². The number of benzene rings is 2. The smallest absolute Gasteiger partial charge is 0.284 e. The fourth-order valence-corrected chi connectivity index (χ4v) is 3.59. The van der Waals surface area contributed by atoms with Crippen LogP contribution in [0.3, 0.4) is 0 Å². The van der Waals surface area contributed by atoms with E-state index in [2.05, 4.69) is 20.9 Å². The summed E-state index contributed by atoms with van der Waals surface area (Å²) in [7, 11) is 1.48. The molecular weight excluding hydrogens is 390 g/mol. The van der Waals surface area contributed by atoms with Crippen molar-refractivity contribution in [3.8, 4) is 11.5 Å². The standard InChI is InChI=1S/C18H14BrNO3S/c1-10-3-5-12(6-4-10)18-20-17(22)15(24-18)9-11-7-13(19)16(21)14(8-11)23-2/h3-9,21H,1-2H3. The van der Waals surface area contributed by atoms with Crippen molar-refractivity contribution in [2.24, 2.45) is 4.99 Å². The van der Waals surface area contributed by atoms with Crippen LogP contribution in [0.1, 0.15) is 16.7 Å². The third kappa shape index (κ3) is 3.39. The Bertz CT molecular complexity index is 873. The Labute approximate surface area is 152 Å². The molecule has 2 aromatic rings. The lowest BCUT2D eigenvalue weighted by atomic mass is 10.2. The van der Waals surface area contributed by atoms with E-state index in [1.54, 1.807) is 18.2 Å². The number of carbonyl (C=O) groups excluding carboxylic acids is 1. The minimum absolute atomic E-state index is 0.0293. The zero-order chi connectivity index (χ0) is 17.3. The van der Waals surface area contributed by atoms with Gasteiger partial charge in [-0.05, 0) is 46.6 Å². The molecule has 1 aliphatic heterocycles. The molecule has 1 aliphatic rings. The number of methoxy groups -OCH3 is 1. The SMILES string of the molecule is COc1cc(C=C2SC(c3ccc(C)cc3)=NC2=O)cc(Br)c1O. The fourth-order valence-electron chi connectivity index (χ4n) is 2.21. The topological polar surface area (TPSA) is 58.9 Å². The van der Waals surface area contributed by atoms with E-state index in [9.17, 15) is 9.90 Å². The average molecular weight is 404 g/mol. The van der Waals surface area contributed by atoms with Crippen LogP contribution in [0.15, 0.2) is 50.8 Å². The number of aliphatic imine (C=N–C) groups is 1. The van der Waals surface area contributed by atoms with Gasteiger partial charge < -0.3 is 9.84 Å². The molecule has 2 aromatic carbocycles. The first kappa shape index (κ1) is 16.8. The van der Waals surface area contributed by atoms with Gasteiger partial charge in [-0.3, -0.25) is 4.79 Å². The van der Waals surface area contributed by atoms with Gasteiger partial charge in [-0.2, -0.15) is 0 Å². The summed E-state index contributed by atoms with van der Waals surface area (Å²) in [5.41, 5.74) is 2.82. The van der Waals surface area contributed by atoms with Crippen LogP contribution in [-0.4, -0.2) is 23.2 Å². The third-order valence-electron chi connectivity index (χ3n) is 3.49. The number of aromatic hydroxyl groups is 1. The summed E-state index contributed by atoms with van der Waals surface area (Å²) in [6.45, 7) is 2.01. The molecule has 0 spiro atoms. The Morgan fingerprint density at radius 2 is 1.96 bits per heavy atom. The number of phenols is 1. The van der Waals surface area contributed by atoms with Gasteiger partial charge in [0.25, 0.3) is 5.91 Å². The van der Waals surface area contributed by atoms with Gasteiger partial charge >= 0.3 is 0 Å². The van der Waals surface area contributed by atoms with Crippen LogP contribution in [0, 0.1) is 6.92 Å². The van der Waals surface area contributed by atoms with E-state index in [1.807, 2.05) is 31.2 Å². The maximum Gasteiger partial charge on any atom is 0.284 e. The lowest BCUT2D eigenvalue weighted by molar-refractivity contribution is -0.113. The first-order valence-corrected chi connectivity index (χ1v) is 8.75. The second-order valence-corrected chi connectivity index (χ2v) is 7.14. The quantitative estimate of drug-likeness (QED) is 0.764. The highest BCUT2D eigenvalue weighted by Gasteiger charge is 2.23. The summed E-state index contributed by atoms with van der Waals surface area (Å²) in [6.07, 6.45) is 1.74. The van der Waals surface area contributed by atoms with Crippen LogP contribution in [0.25, 0.3) is 6.08 Å². The van der Waals surface area contributed by atoms with Crippen LogP contribution < -0.4 is 4.74 Å². The fraction of sp³-hybridized carbons (Fsp3) is 0.111. The zero-order valence-electron chi connectivity index (χ0n) is 13.0. The molecule has 1 amide bonds. The van der Waals surface area contributed by atoms with Crippen LogP contribution >= 0.6 is 27.7 Å². The number of nitrogens with zero attached hydrogens (tertiary/aromatic N) is 1. The van der Waals surface area contributed by atoms with Crippen molar-refractivity contribution in [3.05, 3.63) is 62.5 Å². The molecule has 0 fully saturated rings. The summed E-state index contributed by atoms with van der Waals surface area (Å²) >= 11 is 4.62. The van der Waals surface area contributed by atoms with E-state index >= 15 is 0 Å². The van der Waals surface area contributed by atoms with Gasteiger partial charge in [-0.25, -0.2) is 4.99 Å². The predicted octanol–water partition coefficient (Wildman–Crippen LogP) is 4.53. The molecule has 0 bridgehead atoms. The molecule has 1 N–H and O–H groups in total. The Morgan fingerprint density at radius 1 is 1.25 bits per heavy atom. The number of halogens is 1. The minimum Gasteiger partial charge on any atom is -0.503 e. The van der Waals surface area contributed by atoms with Crippen molar-refractivity contribution >= 4 is 44.7 Å². The van der Waals surface area contributed by atoms with E-state index in [4.69, 9.17) is 4.74 Å². The molecule has 0 aromatic heterocycles. The maximum atomic E-state index is 12.2. The molecule has 0 unspecified atom stereocenters. The summed E-state index contributed by atoms with van der Waals surface area (Å²) < 4.78 is 5.63. The van der Waals surface area contributed by atoms with Gasteiger partial charge in [0.15, 0.2) is 11.5 Å². The van der Waals surface area contributed by atoms with Gasteiger partial charge in [-0.15, -0.1) is 0 Å². The van der Waals surface area contributed by atoms with Crippen molar-refractivity contribution < 1.29 is 14.6 Å². The number of amides is 1. The van der Waals surface area contributed by atoms with E-state index in [-0.39, 0.29) is 11.7 Å². The van der Waals surface area contributed by atoms with Crippen molar-refractivity contribution in [1.82, 2.24) is 0 Å². The molecule has 3 rings (SSSR count). The number of carbonyl (C=O) groups is 1. The number of aryl methyl sites for hydroxylation is 1. The number of rotatable bonds is 3. The molecule has 4 nitrogen and oxygen atoms in total. The second kappa shape index (κ2) is 6.83. The van der Waals surface area contributed by atoms with Crippen LogP contribution in [0.4, 0.5) is 0 Å². The molecule has 0 atom stereocenters. The van der Waals surface area contributed by atoms with Crippen molar-refractivity contribution in [2.45, 2.75) is 6.92 Å². The summed E-state index contributed by atoms with van der Waals surface area (Å²) in [6, 6.07) is 11.3. The normalized spacial score (nSPS) is 15.7. The molecule has 1 heterocycles. The maximum absolute atomic E-state index is 12.2. The van der Waals surface area contributed by atoms with Gasteiger partial charge in [0.1, 0.15) is 5.04 Å². The first-order valence-electron chi connectivity index (χ1n) is 7.14. The first-order chi connectivity index (χ1) is 11.5. The highest BCUT2D eigenvalue weighted by atomic mass is 79.9. The van der Waals surface area contributed by atoms with Crippen molar-refractivity contribution in [3.63, 3.8) is 0 Å². The van der Waals surface area contributed by atoms with E-state index < -0.39 is 0 Å². The molecule has 24 heavy (non-hydrogen) atoms. The van der Waals surface area contributed by atoms with Crippen molar-refractivity contribution in [2.75, 3.05) is 7.11 Å². The monoisotopic (exact) mass is 403 g/mol. The molecule has 122 valence electrons. The highest BCUT2D eigenvalue weighted by molar-refractivity contribution is 9.10. The third-order valence-corrected chi connectivity index (χ3v) is 5.12. The van der Waals surface area contributed by atoms with Gasteiger partial charge in [0, 0.05) is 5.56 Å². The Kier molecular flexibility index (Phi) is 4.78. The van der Waals surface area contributed by atoms with Crippen LogP contribution in [0.2, 0.25) is 0 Å². The lowest BCUT2D eigenvalue weighted by Gasteiger charge is -2.07. The number of hydrogen-bond acceptors (Lipinski definition) is 4. The molecule has 0 saturated carbocycles. The molecule has 0 aliphatic carbocycles. The number of ether oxygens (including phenoxy) is 1. The molecule has 0 saturated heterocycles.